The van der Waals surface area contributed by atoms with E-state index in [1.807, 2.05) is 23.0 Å². The molecule has 3 aromatic rings. The number of rotatable bonds is 6. The number of anilines is 2. The largest absolute Gasteiger partial charge is 0.369 e. The van der Waals surface area contributed by atoms with Crippen molar-refractivity contribution in [2.45, 2.75) is 26.1 Å². The minimum Gasteiger partial charge on any atom is -0.369 e. The Labute approximate surface area is 163 Å². The normalized spacial score (nSPS) is 17.6. The first-order valence-electron chi connectivity index (χ1n) is 9.39. The molecular formula is C20H23FN6O. The van der Waals surface area contributed by atoms with Gasteiger partial charge < -0.3 is 10.1 Å². The molecule has 3 aromatic heterocycles. The van der Waals surface area contributed by atoms with Gasteiger partial charge >= 0.3 is 0 Å². The van der Waals surface area contributed by atoms with E-state index in [1.54, 1.807) is 12.3 Å². The van der Waals surface area contributed by atoms with Crippen LogP contribution in [0, 0.1) is 5.82 Å². The van der Waals surface area contributed by atoms with Crippen LogP contribution in [0.15, 0.2) is 49.1 Å². The van der Waals surface area contributed by atoms with Crippen LogP contribution in [0.3, 0.4) is 0 Å². The monoisotopic (exact) mass is 382 g/mol. The highest BCUT2D eigenvalue weighted by Gasteiger charge is 2.23. The Hall–Kier alpha value is -2.84. The summed E-state index contributed by atoms with van der Waals surface area (Å²) >= 11 is 0. The smallest absolute Gasteiger partial charge is 0.141 e. The maximum atomic E-state index is 12.9. The summed E-state index contributed by atoms with van der Waals surface area (Å²) in [6, 6.07) is 6.84. The molecule has 1 N–H and O–H groups in total. The van der Waals surface area contributed by atoms with Crippen LogP contribution in [0.5, 0.6) is 0 Å². The van der Waals surface area contributed by atoms with E-state index < -0.39 is 0 Å². The predicted molar refractivity (Wildman–Crippen MR) is 104 cm³/mol. The molecule has 1 saturated heterocycles. The van der Waals surface area contributed by atoms with Crippen molar-refractivity contribution in [1.82, 2.24) is 24.6 Å². The van der Waals surface area contributed by atoms with Gasteiger partial charge in [-0.3, -0.25) is 14.6 Å². The van der Waals surface area contributed by atoms with Gasteiger partial charge in [0.2, 0.25) is 0 Å². The average Bonchev–Trinajstić information content (AvgIpc) is 3.18. The summed E-state index contributed by atoms with van der Waals surface area (Å²) < 4.78 is 20.8. The number of pyridine rings is 2. The number of hydrogen-bond donors (Lipinski definition) is 1. The minimum absolute atomic E-state index is 0.0621. The SMILES string of the molecule is CCn1cc(CN2CCO[C@@H](c3ccc(Nc4ccc(F)cn4)cn3)C2)cn1. The second-order valence-corrected chi connectivity index (χ2v) is 6.76. The van der Waals surface area contributed by atoms with E-state index in [0.717, 1.165) is 37.6 Å². The molecule has 28 heavy (non-hydrogen) atoms. The Balaban J connectivity index is 1.37. The number of ether oxygens (including phenoxy) is 1. The van der Waals surface area contributed by atoms with Gasteiger partial charge in [0.25, 0.3) is 0 Å². The summed E-state index contributed by atoms with van der Waals surface area (Å²) in [6.45, 7) is 6.17. The predicted octanol–water partition coefficient (Wildman–Crippen LogP) is 3.15. The molecule has 0 aliphatic carbocycles. The van der Waals surface area contributed by atoms with Crippen molar-refractivity contribution in [2.24, 2.45) is 0 Å². The first-order valence-corrected chi connectivity index (χ1v) is 9.39. The quantitative estimate of drug-likeness (QED) is 0.706. The van der Waals surface area contributed by atoms with Gasteiger partial charge in [-0.1, -0.05) is 0 Å². The zero-order valence-electron chi connectivity index (χ0n) is 15.8. The van der Waals surface area contributed by atoms with E-state index in [0.29, 0.717) is 12.4 Å². The fourth-order valence-electron chi connectivity index (χ4n) is 3.21. The van der Waals surface area contributed by atoms with Crippen molar-refractivity contribution in [3.63, 3.8) is 0 Å². The Bertz CT molecular complexity index is 896. The standard InChI is InChI=1S/C20H23FN6O/c1-2-27-13-15(9-24-27)12-26-7-8-28-19(14-26)18-5-4-17(11-22-18)25-20-6-3-16(21)10-23-20/h3-6,9-11,13,19H,2,7-8,12,14H2,1H3,(H,23,25)/t19-/m1/s1. The Morgan fingerprint density at radius 3 is 2.82 bits per heavy atom. The number of halogens is 1. The number of aryl methyl sites for hydroxylation is 1. The van der Waals surface area contributed by atoms with Crippen LogP contribution in [0.4, 0.5) is 15.9 Å². The van der Waals surface area contributed by atoms with E-state index in [4.69, 9.17) is 4.74 Å². The third kappa shape index (κ3) is 4.52. The molecule has 4 rings (SSSR count). The lowest BCUT2D eigenvalue weighted by Gasteiger charge is -2.32. The fourth-order valence-corrected chi connectivity index (χ4v) is 3.21. The highest BCUT2D eigenvalue weighted by molar-refractivity contribution is 5.54. The first-order chi connectivity index (χ1) is 13.7. The number of hydrogen-bond acceptors (Lipinski definition) is 6. The van der Waals surface area contributed by atoms with Crippen molar-refractivity contribution in [2.75, 3.05) is 25.0 Å². The van der Waals surface area contributed by atoms with Crippen molar-refractivity contribution in [1.29, 1.82) is 0 Å². The van der Waals surface area contributed by atoms with E-state index in [-0.39, 0.29) is 11.9 Å². The molecule has 0 bridgehead atoms. The zero-order valence-corrected chi connectivity index (χ0v) is 15.8. The van der Waals surface area contributed by atoms with Crippen LogP contribution in [0.1, 0.15) is 24.3 Å². The lowest BCUT2D eigenvalue weighted by Crippen LogP contribution is -2.38. The number of aromatic nitrogens is 4. The van der Waals surface area contributed by atoms with Gasteiger partial charge in [0, 0.05) is 37.9 Å². The minimum atomic E-state index is -0.361. The molecule has 4 heterocycles. The molecule has 1 aliphatic rings. The summed E-state index contributed by atoms with van der Waals surface area (Å²) in [5.74, 6) is 0.212. The number of morpholine rings is 1. The van der Waals surface area contributed by atoms with E-state index in [1.165, 1.54) is 17.8 Å². The van der Waals surface area contributed by atoms with Crippen LogP contribution in [-0.2, 0) is 17.8 Å². The second-order valence-electron chi connectivity index (χ2n) is 6.76. The van der Waals surface area contributed by atoms with Gasteiger partial charge in [0.15, 0.2) is 0 Å². The lowest BCUT2D eigenvalue weighted by atomic mass is 10.1. The van der Waals surface area contributed by atoms with Crippen molar-refractivity contribution >= 4 is 11.5 Å². The van der Waals surface area contributed by atoms with E-state index >= 15 is 0 Å². The van der Waals surface area contributed by atoms with Crippen molar-refractivity contribution in [3.8, 4) is 0 Å². The Kier molecular flexibility index (Phi) is 5.59. The molecule has 0 unspecified atom stereocenters. The molecule has 0 radical (unpaired) electrons. The van der Waals surface area contributed by atoms with Gasteiger partial charge in [-0.15, -0.1) is 0 Å². The number of nitrogens with one attached hydrogen (secondary N) is 1. The molecule has 1 fully saturated rings. The molecule has 0 aromatic carbocycles. The third-order valence-corrected chi connectivity index (χ3v) is 4.68. The topological polar surface area (TPSA) is 68.1 Å². The van der Waals surface area contributed by atoms with Crippen LogP contribution in [-0.4, -0.2) is 44.3 Å². The van der Waals surface area contributed by atoms with Crippen molar-refractivity contribution in [3.05, 3.63) is 66.1 Å². The van der Waals surface area contributed by atoms with Gasteiger partial charge in [-0.2, -0.15) is 5.10 Å². The molecular weight excluding hydrogens is 359 g/mol. The summed E-state index contributed by atoms with van der Waals surface area (Å²) in [6.07, 6.45) is 6.88. The highest BCUT2D eigenvalue weighted by Crippen LogP contribution is 2.23. The third-order valence-electron chi connectivity index (χ3n) is 4.68. The lowest BCUT2D eigenvalue weighted by molar-refractivity contribution is -0.0349. The molecule has 0 saturated carbocycles. The maximum Gasteiger partial charge on any atom is 0.141 e. The summed E-state index contributed by atoms with van der Waals surface area (Å²) in [5, 5.41) is 7.45. The first kappa shape index (κ1) is 18.5. The number of nitrogens with zero attached hydrogens (tertiary/aromatic N) is 5. The summed E-state index contributed by atoms with van der Waals surface area (Å²) in [5.41, 5.74) is 2.90. The molecule has 1 aliphatic heterocycles. The Morgan fingerprint density at radius 1 is 1.18 bits per heavy atom. The molecule has 0 spiro atoms. The molecule has 1 atom stereocenters. The van der Waals surface area contributed by atoms with E-state index in [9.17, 15) is 4.39 Å². The van der Waals surface area contributed by atoms with Gasteiger partial charge in [0.05, 0.1) is 36.6 Å². The van der Waals surface area contributed by atoms with Gasteiger partial charge in [-0.25, -0.2) is 9.37 Å². The van der Waals surface area contributed by atoms with Crippen molar-refractivity contribution < 1.29 is 9.13 Å². The molecule has 7 nitrogen and oxygen atoms in total. The maximum absolute atomic E-state index is 12.9. The molecule has 8 heteroatoms. The van der Waals surface area contributed by atoms with Gasteiger partial charge in [-0.05, 0) is 31.2 Å². The van der Waals surface area contributed by atoms with E-state index in [2.05, 4.69) is 38.4 Å². The van der Waals surface area contributed by atoms with Crippen LogP contribution < -0.4 is 5.32 Å². The second kappa shape index (κ2) is 8.45. The van der Waals surface area contributed by atoms with Crippen LogP contribution in [0.2, 0.25) is 0 Å². The Morgan fingerprint density at radius 2 is 2.11 bits per heavy atom. The van der Waals surface area contributed by atoms with Crippen LogP contribution >= 0.6 is 0 Å². The van der Waals surface area contributed by atoms with Gasteiger partial charge in [0.1, 0.15) is 17.7 Å². The molecule has 146 valence electrons. The zero-order chi connectivity index (χ0) is 19.3. The fraction of sp³-hybridized carbons (Fsp3) is 0.350. The highest BCUT2D eigenvalue weighted by atomic mass is 19.1. The summed E-state index contributed by atoms with van der Waals surface area (Å²) in [4.78, 5) is 10.9. The molecule has 0 amide bonds. The summed E-state index contributed by atoms with van der Waals surface area (Å²) in [7, 11) is 0. The van der Waals surface area contributed by atoms with Crippen LogP contribution in [0.25, 0.3) is 0 Å². The average molecular weight is 382 g/mol.